The normalized spacial score (nSPS) is 10.5. The fraction of sp³-hybridized carbons (Fsp3) is 0.533. The van der Waals surface area contributed by atoms with E-state index in [1.54, 1.807) is 13.2 Å². The molecule has 100 valence electrons. The van der Waals surface area contributed by atoms with E-state index in [0.29, 0.717) is 29.6 Å². The molecule has 0 aliphatic carbocycles. The van der Waals surface area contributed by atoms with Crippen LogP contribution >= 0.6 is 0 Å². The Morgan fingerprint density at radius 2 is 2.00 bits per heavy atom. The summed E-state index contributed by atoms with van der Waals surface area (Å²) in [6.07, 6.45) is 2.98. The highest BCUT2D eigenvalue weighted by molar-refractivity contribution is 5.79. The average Bonchev–Trinajstić information content (AvgIpc) is 2.35. The Kier molecular flexibility index (Phi) is 5.69. The van der Waals surface area contributed by atoms with E-state index < -0.39 is 0 Å². The zero-order chi connectivity index (χ0) is 13.5. The Hall–Kier alpha value is -1.51. The lowest BCUT2D eigenvalue weighted by Crippen LogP contribution is -2.02. The molecule has 0 spiro atoms. The van der Waals surface area contributed by atoms with Crippen molar-refractivity contribution in [2.75, 3.05) is 13.7 Å². The van der Waals surface area contributed by atoms with Gasteiger partial charge in [0.25, 0.3) is 0 Å². The summed E-state index contributed by atoms with van der Waals surface area (Å²) in [5.74, 6) is 2.01. The molecule has 1 rings (SSSR count). The summed E-state index contributed by atoms with van der Waals surface area (Å²) >= 11 is 0. The highest BCUT2D eigenvalue weighted by Gasteiger charge is 2.09. The second kappa shape index (κ2) is 7.04. The van der Waals surface area contributed by atoms with Gasteiger partial charge in [-0.3, -0.25) is 4.79 Å². The molecular formula is C15H22O3. The van der Waals surface area contributed by atoms with Crippen LogP contribution in [0.4, 0.5) is 0 Å². The van der Waals surface area contributed by atoms with E-state index in [4.69, 9.17) is 9.47 Å². The van der Waals surface area contributed by atoms with Gasteiger partial charge in [0.15, 0.2) is 11.5 Å². The standard InChI is InChI=1S/C15H22O3/c1-11(2)6-5-7-18-15-9-13(10-16)12(3)8-14(15)17-4/h8-11H,5-7H2,1-4H3. The fourth-order valence-corrected chi connectivity index (χ4v) is 1.75. The number of hydrogen-bond acceptors (Lipinski definition) is 3. The number of rotatable bonds is 7. The third-order valence-electron chi connectivity index (χ3n) is 2.86. The molecule has 0 atom stereocenters. The molecule has 0 aliphatic heterocycles. The van der Waals surface area contributed by atoms with Crippen molar-refractivity contribution in [1.29, 1.82) is 0 Å². The second-order valence-electron chi connectivity index (χ2n) is 4.86. The van der Waals surface area contributed by atoms with Gasteiger partial charge in [0.1, 0.15) is 6.29 Å². The van der Waals surface area contributed by atoms with Gasteiger partial charge in [-0.05, 0) is 43.4 Å². The van der Waals surface area contributed by atoms with Gasteiger partial charge in [-0.15, -0.1) is 0 Å². The van der Waals surface area contributed by atoms with E-state index in [-0.39, 0.29) is 0 Å². The monoisotopic (exact) mass is 250 g/mol. The smallest absolute Gasteiger partial charge is 0.161 e. The van der Waals surface area contributed by atoms with Gasteiger partial charge in [0, 0.05) is 5.56 Å². The Bertz CT molecular complexity index is 397. The van der Waals surface area contributed by atoms with Crippen LogP contribution in [0.15, 0.2) is 12.1 Å². The molecule has 0 heterocycles. The highest BCUT2D eigenvalue weighted by atomic mass is 16.5. The first-order valence-corrected chi connectivity index (χ1v) is 6.35. The Labute approximate surface area is 109 Å². The topological polar surface area (TPSA) is 35.5 Å². The number of benzene rings is 1. The summed E-state index contributed by atoms with van der Waals surface area (Å²) in [5, 5.41) is 0. The van der Waals surface area contributed by atoms with Crippen LogP contribution in [0.2, 0.25) is 0 Å². The van der Waals surface area contributed by atoms with Gasteiger partial charge in [-0.1, -0.05) is 13.8 Å². The van der Waals surface area contributed by atoms with Crippen LogP contribution in [0, 0.1) is 12.8 Å². The number of aryl methyl sites for hydroxylation is 1. The molecule has 0 aliphatic rings. The highest BCUT2D eigenvalue weighted by Crippen LogP contribution is 2.30. The first kappa shape index (κ1) is 14.6. The van der Waals surface area contributed by atoms with Crippen LogP contribution in [-0.4, -0.2) is 20.0 Å². The van der Waals surface area contributed by atoms with Gasteiger partial charge in [0.2, 0.25) is 0 Å². The summed E-state index contributed by atoms with van der Waals surface area (Å²) in [5.41, 5.74) is 1.55. The quantitative estimate of drug-likeness (QED) is 0.547. The summed E-state index contributed by atoms with van der Waals surface area (Å²) < 4.78 is 11.0. The number of carbonyl (C=O) groups is 1. The van der Waals surface area contributed by atoms with Crippen LogP contribution in [0.3, 0.4) is 0 Å². The van der Waals surface area contributed by atoms with E-state index in [9.17, 15) is 4.79 Å². The van der Waals surface area contributed by atoms with Crippen molar-refractivity contribution in [1.82, 2.24) is 0 Å². The summed E-state index contributed by atoms with van der Waals surface area (Å²) in [6, 6.07) is 3.58. The maximum atomic E-state index is 10.9. The first-order valence-electron chi connectivity index (χ1n) is 6.35. The Morgan fingerprint density at radius 3 is 2.56 bits per heavy atom. The van der Waals surface area contributed by atoms with E-state index in [2.05, 4.69) is 13.8 Å². The molecule has 3 heteroatoms. The molecule has 0 amide bonds. The van der Waals surface area contributed by atoms with Crippen molar-refractivity contribution in [3.8, 4) is 11.5 Å². The van der Waals surface area contributed by atoms with Gasteiger partial charge in [-0.25, -0.2) is 0 Å². The molecule has 3 nitrogen and oxygen atoms in total. The fourth-order valence-electron chi connectivity index (χ4n) is 1.75. The van der Waals surface area contributed by atoms with Crippen molar-refractivity contribution in [2.24, 2.45) is 5.92 Å². The number of aldehydes is 1. The summed E-state index contributed by atoms with van der Waals surface area (Å²) in [7, 11) is 1.61. The van der Waals surface area contributed by atoms with Crippen LogP contribution in [-0.2, 0) is 0 Å². The van der Waals surface area contributed by atoms with Crippen LogP contribution < -0.4 is 9.47 Å². The van der Waals surface area contributed by atoms with Crippen molar-refractivity contribution in [2.45, 2.75) is 33.6 Å². The van der Waals surface area contributed by atoms with Gasteiger partial charge >= 0.3 is 0 Å². The maximum Gasteiger partial charge on any atom is 0.161 e. The molecule has 0 radical (unpaired) electrons. The molecule has 0 fully saturated rings. The Balaban J connectivity index is 2.71. The van der Waals surface area contributed by atoms with Crippen LogP contribution in [0.25, 0.3) is 0 Å². The number of carbonyl (C=O) groups excluding carboxylic acids is 1. The van der Waals surface area contributed by atoms with Gasteiger partial charge in [0.05, 0.1) is 13.7 Å². The average molecular weight is 250 g/mol. The zero-order valence-corrected chi connectivity index (χ0v) is 11.7. The molecule has 1 aromatic rings. The molecule has 0 saturated heterocycles. The predicted molar refractivity (Wildman–Crippen MR) is 72.7 cm³/mol. The number of hydrogen-bond donors (Lipinski definition) is 0. The molecule has 18 heavy (non-hydrogen) atoms. The minimum absolute atomic E-state index is 0.647. The van der Waals surface area contributed by atoms with Crippen LogP contribution in [0.5, 0.6) is 11.5 Å². The second-order valence-corrected chi connectivity index (χ2v) is 4.86. The van der Waals surface area contributed by atoms with Crippen molar-refractivity contribution in [3.63, 3.8) is 0 Å². The van der Waals surface area contributed by atoms with Crippen LogP contribution in [0.1, 0.15) is 42.6 Å². The minimum Gasteiger partial charge on any atom is -0.493 e. The maximum absolute atomic E-state index is 10.9. The van der Waals surface area contributed by atoms with Crippen molar-refractivity contribution in [3.05, 3.63) is 23.3 Å². The van der Waals surface area contributed by atoms with E-state index >= 15 is 0 Å². The van der Waals surface area contributed by atoms with E-state index in [0.717, 1.165) is 24.7 Å². The van der Waals surface area contributed by atoms with Crippen molar-refractivity contribution < 1.29 is 14.3 Å². The molecule has 1 aromatic carbocycles. The summed E-state index contributed by atoms with van der Waals surface area (Å²) in [6.45, 7) is 6.92. The predicted octanol–water partition coefficient (Wildman–Crippen LogP) is 3.63. The molecule has 0 unspecified atom stereocenters. The minimum atomic E-state index is 0.647. The third kappa shape index (κ3) is 4.06. The molecule has 0 aromatic heterocycles. The molecule has 0 N–H and O–H groups in total. The SMILES string of the molecule is COc1cc(C)c(C=O)cc1OCCCC(C)C. The lowest BCUT2D eigenvalue weighted by atomic mass is 10.1. The van der Waals surface area contributed by atoms with E-state index in [1.807, 2.05) is 13.0 Å². The molecular weight excluding hydrogens is 228 g/mol. The van der Waals surface area contributed by atoms with Gasteiger partial charge < -0.3 is 9.47 Å². The van der Waals surface area contributed by atoms with Crippen molar-refractivity contribution >= 4 is 6.29 Å². The zero-order valence-electron chi connectivity index (χ0n) is 11.7. The lowest BCUT2D eigenvalue weighted by molar-refractivity contribution is 0.112. The molecule has 0 bridgehead atoms. The van der Waals surface area contributed by atoms with E-state index in [1.165, 1.54) is 0 Å². The van der Waals surface area contributed by atoms with Gasteiger partial charge in [-0.2, -0.15) is 0 Å². The number of methoxy groups -OCH3 is 1. The first-order chi connectivity index (χ1) is 8.58. The Morgan fingerprint density at radius 1 is 1.28 bits per heavy atom. The number of ether oxygens (including phenoxy) is 2. The third-order valence-corrected chi connectivity index (χ3v) is 2.86. The largest absolute Gasteiger partial charge is 0.493 e. The molecule has 0 saturated carbocycles. The lowest BCUT2D eigenvalue weighted by Gasteiger charge is -2.13. The summed E-state index contributed by atoms with van der Waals surface area (Å²) in [4.78, 5) is 10.9.